The molecule has 0 spiro atoms. The first-order valence-corrected chi connectivity index (χ1v) is 26.1. The van der Waals surface area contributed by atoms with Gasteiger partial charge < -0.3 is 30.8 Å². The summed E-state index contributed by atoms with van der Waals surface area (Å²) in [5.41, 5.74) is 0.539. The topological polar surface area (TPSA) is 283 Å². The fourth-order valence-corrected chi connectivity index (χ4v) is 12.1. The molecule has 2 aromatic heterocycles. The zero-order chi connectivity index (χ0) is 58.4. The number of fused-ring (bicyclic) bond motifs is 2. The number of hydrogen-bond acceptors (Lipinski definition) is 12. The van der Waals surface area contributed by atoms with Gasteiger partial charge in [-0.05, 0) is 80.4 Å². The van der Waals surface area contributed by atoms with E-state index in [0.29, 0.717) is 43.8 Å². The van der Waals surface area contributed by atoms with Crippen molar-refractivity contribution in [2.45, 2.75) is 80.0 Å². The van der Waals surface area contributed by atoms with E-state index in [1.54, 1.807) is 112 Å². The number of carbonyl (C=O) groups is 5. The highest BCUT2D eigenvalue weighted by molar-refractivity contribution is 7.90. The number of quaternary nitrogens is 1. The van der Waals surface area contributed by atoms with Crippen molar-refractivity contribution in [3.63, 3.8) is 0 Å². The van der Waals surface area contributed by atoms with Gasteiger partial charge in [0.05, 0.1) is 27.4 Å². The molecule has 3 atom stereocenters. The van der Waals surface area contributed by atoms with Gasteiger partial charge in [0.2, 0.25) is 5.54 Å². The highest BCUT2D eigenvalue weighted by Gasteiger charge is 2.66. The number of aromatic nitrogens is 2. The van der Waals surface area contributed by atoms with Crippen molar-refractivity contribution >= 4 is 71.8 Å². The summed E-state index contributed by atoms with van der Waals surface area (Å²) in [6.45, 7) is 10.0. The van der Waals surface area contributed by atoms with Crippen LogP contribution in [0.25, 0.3) is 21.8 Å². The Balaban J connectivity index is 0.000000235. The Morgan fingerprint density at radius 1 is 0.615 bits per heavy atom. The standard InChI is InChI=1S/C26H31N3O6S.C20H21N3O4S.2C2HF3O2/c1-25(2,3)29(24(32)33)16-15-27(18-26(29,4)23(30)31)17-19-9-8-12-22-21(19)13-14-28(22)36(34,35)20-10-6-5-7-11-20;24-20(25)18-14-22(12-10-21-18)13-15-5-4-8-19-17(15)9-11-23(19)28(26,27)16-6-2-1-3-7-16;2*3-2(4,5)1(6)7/h5-14H,15-18H2,1-4H3,(H-,30,31,32,33);1-9,11,18,21H,10,12-14H2,(H,24,25);2*(H,6,7)/p+1. The maximum absolute atomic E-state index is 13.2. The molecule has 8 rings (SSSR count). The Morgan fingerprint density at radius 3 is 1.38 bits per heavy atom. The lowest BCUT2D eigenvalue weighted by molar-refractivity contribution is -0.945. The van der Waals surface area contributed by atoms with Crippen molar-refractivity contribution in [2.24, 2.45) is 0 Å². The summed E-state index contributed by atoms with van der Waals surface area (Å²) >= 11 is 0. The lowest BCUT2D eigenvalue weighted by Crippen LogP contribution is -2.82. The van der Waals surface area contributed by atoms with Crippen molar-refractivity contribution in [1.82, 2.24) is 23.1 Å². The third kappa shape index (κ3) is 13.3. The second-order valence-corrected chi connectivity index (χ2v) is 22.7. The molecule has 2 fully saturated rings. The van der Waals surface area contributed by atoms with Crippen molar-refractivity contribution in [3.8, 4) is 0 Å². The third-order valence-electron chi connectivity index (χ3n) is 13.1. The van der Waals surface area contributed by atoms with Gasteiger partial charge in [0.1, 0.15) is 18.1 Å². The van der Waals surface area contributed by atoms with E-state index in [0.717, 1.165) is 28.4 Å². The second-order valence-electron chi connectivity index (χ2n) is 19.0. The first kappa shape index (κ1) is 61.5. The van der Waals surface area contributed by atoms with E-state index >= 15 is 0 Å². The van der Waals surface area contributed by atoms with E-state index in [1.165, 1.54) is 21.1 Å². The number of nitrogens with one attached hydrogen (secondary N) is 1. The smallest absolute Gasteiger partial charge is 0.480 e. The molecule has 0 bridgehead atoms. The van der Waals surface area contributed by atoms with E-state index in [2.05, 4.69) is 10.2 Å². The van der Waals surface area contributed by atoms with Crippen LogP contribution in [0.4, 0.5) is 31.1 Å². The fraction of sp³-hybridized carbons (Fsp3) is 0.340. The third-order valence-corrected chi connectivity index (χ3v) is 16.5. The molecule has 2 aliphatic rings. The molecular formula is C50H55F6N6O14S2+. The maximum Gasteiger partial charge on any atom is 0.514 e. The molecule has 0 aliphatic carbocycles. The molecule has 6 aromatic rings. The number of halogens is 6. The average molecular weight is 1140 g/mol. The van der Waals surface area contributed by atoms with Crippen LogP contribution < -0.4 is 5.32 Å². The predicted octanol–water partition coefficient (Wildman–Crippen LogP) is 6.83. The molecule has 4 heterocycles. The van der Waals surface area contributed by atoms with Crippen LogP contribution in [0.3, 0.4) is 0 Å². The molecule has 422 valence electrons. The number of nitrogens with zero attached hydrogens (tertiary/aromatic N) is 5. The van der Waals surface area contributed by atoms with E-state index < -0.39 is 84.0 Å². The number of carboxylic acids is 4. The van der Waals surface area contributed by atoms with E-state index in [9.17, 15) is 72.9 Å². The van der Waals surface area contributed by atoms with E-state index in [-0.39, 0.29) is 22.9 Å². The number of benzene rings is 4. The Bertz CT molecular complexity index is 3360. The van der Waals surface area contributed by atoms with E-state index in [1.807, 2.05) is 29.2 Å². The van der Waals surface area contributed by atoms with Gasteiger partial charge in [-0.3, -0.25) is 14.6 Å². The zero-order valence-electron chi connectivity index (χ0n) is 42.0. The number of carboxylic acid groups (broad SMARTS) is 5. The number of alkyl halides is 6. The first-order valence-electron chi connectivity index (χ1n) is 23.3. The molecule has 1 amide bonds. The maximum atomic E-state index is 13.2. The second kappa shape index (κ2) is 23.7. The molecule has 0 radical (unpaired) electrons. The fourth-order valence-electron chi connectivity index (χ4n) is 9.33. The minimum atomic E-state index is -5.08. The molecule has 28 heteroatoms. The monoisotopic (exact) mass is 1140 g/mol. The SMILES string of the molecule is CC(C)(C)[N+]1(C(=O)O)CCN(Cc2cccc3c2ccn3S(=O)(=O)c2ccccc2)CC1(C)C(=O)O.O=C(O)C(F)(F)F.O=C(O)C(F)(F)F.O=C(O)C1CN(Cc2cccc3c2ccn3S(=O)(=O)c2ccccc2)CCN1. The van der Waals surface area contributed by atoms with Gasteiger partial charge >= 0.3 is 42.3 Å². The summed E-state index contributed by atoms with van der Waals surface area (Å²) < 4.78 is 118. The van der Waals surface area contributed by atoms with Crippen LogP contribution in [0.1, 0.15) is 38.8 Å². The van der Waals surface area contributed by atoms with Gasteiger partial charge in [0.15, 0.2) is 0 Å². The van der Waals surface area contributed by atoms with Crippen molar-refractivity contribution in [2.75, 3.05) is 39.3 Å². The molecular weight excluding hydrogens is 1090 g/mol. The van der Waals surface area contributed by atoms with Crippen LogP contribution in [0.15, 0.2) is 131 Å². The van der Waals surface area contributed by atoms with Crippen LogP contribution in [-0.2, 0) is 52.3 Å². The van der Waals surface area contributed by atoms with Crippen LogP contribution in [0, 0.1) is 0 Å². The molecule has 78 heavy (non-hydrogen) atoms. The van der Waals surface area contributed by atoms with E-state index in [4.69, 9.17) is 19.8 Å². The Hall–Kier alpha value is -7.37. The number of amides is 1. The summed E-state index contributed by atoms with van der Waals surface area (Å²) in [7, 11) is -7.46. The van der Waals surface area contributed by atoms with Gasteiger partial charge in [-0.1, -0.05) is 60.7 Å². The molecule has 6 N–H and O–H groups in total. The Labute approximate surface area is 442 Å². The Kier molecular flexibility index (Phi) is 18.7. The summed E-state index contributed by atoms with van der Waals surface area (Å²) in [6, 6.07) is 30.5. The number of hydrogen-bond donors (Lipinski definition) is 6. The number of piperazine rings is 2. The molecule has 20 nitrogen and oxygen atoms in total. The van der Waals surface area contributed by atoms with Gasteiger partial charge in [-0.2, -0.15) is 31.1 Å². The normalized spacial score (nSPS) is 19.5. The molecule has 2 saturated heterocycles. The lowest BCUT2D eigenvalue weighted by atomic mass is 9.85. The van der Waals surface area contributed by atoms with Crippen LogP contribution in [-0.4, -0.2) is 163 Å². The Morgan fingerprint density at radius 2 is 1.03 bits per heavy atom. The highest BCUT2D eigenvalue weighted by atomic mass is 32.2. The molecule has 2 aliphatic heterocycles. The van der Waals surface area contributed by atoms with Gasteiger partial charge in [-0.25, -0.2) is 43.6 Å². The first-order chi connectivity index (χ1) is 36.1. The zero-order valence-corrected chi connectivity index (χ0v) is 43.6. The van der Waals surface area contributed by atoms with Gasteiger partial charge in [0, 0.05) is 69.4 Å². The van der Waals surface area contributed by atoms with Crippen molar-refractivity contribution in [1.29, 1.82) is 0 Å². The highest BCUT2D eigenvalue weighted by Crippen LogP contribution is 2.40. The number of rotatable bonds is 10. The summed E-state index contributed by atoms with van der Waals surface area (Å²) in [4.78, 5) is 58.5. The molecule has 0 saturated carbocycles. The summed E-state index contributed by atoms with van der Waals surface area (Å²) in [6.07, 6.45) is -8.22. The average Bonchev–Trinajstić information content (AvgIpc) is 4.16. The predicted molar refractivity (Wildman–Crippen MR) is 268 cm³/mol. The largest absolute Gasteiger partial charge is 0.514 e. The molecule has 4 aromatic carbocycles. The van der Waals surface area contributed by atoms with Crippen LogP contribution >= 0.6 is 0 Å². The quantitative estimate of drug-likeness (QED) is 0.0605. The van der Waals surface area contributed by atoms with Crippen molar-refractivity contribution < 1.29 is 97.2 Å². The van der Waals surface area contributed by atoms with Gasteiger partial charge in [0.25, 0.3) is 20.0 Å². The summed E-state index contributed by atoms with van der Waals surface area (Å²) in [5.74, 6) is -7.54. The van der Waals surface area contributed by atoms with Gasteiger partial charge in [-0.15, -0.1) is 0 Å². The minimum Gasteiger partial charge on any atom is -0.480 e. The van der Waals surface area contributed by atoms with Crippen LogP contribution in [0.5, 0.6) is 0 Å². The summed E-state index contributed by atoms with van der Waals surface area (Å²) in [5, 5.41) is 48.5. The molecule has 3 unspecified atom stereocenters. The number of aliphatic carboxylic acids is 4. The lowest BCUT2D eigenvalue weighted by Gasteiger charge is -2.56. The van der Waals surface area contributed by atoms with Crippen molar-refractivity contribution in [3.05, 3.63) is 133 Å². The minimum absolute atomic E-state index is 0.0330. The van der Waals surface area contributed by atoms with Crippen LogP contribution in [0.2, 0.25) is 0 Å².